The minimum absolute atomic E-state index is 0.545. The molecule has 0 bridgehead atoms. The van der Waals surface area contributed by atoms with Crippen LogP contribution in [0.3, 0.4) is 0 Å². The average molecular weight is 243 g/mol. The van der Waals surface area contributed by atoms with Crippen molar-refractivity contribution in [2.45, 2.75) is 32.8 Å². The van der Waals surface area contributed by atoms with Crippen molar-refractivity contribution in [3.8, 4) is 0 Å². The first-order valence-electron chi connectivity index (χ1n) is 6.10. The second kappa shape index (κ2) is 5.69. The third-order valence-corrected chi connectivity index (χ3v) is 2.90. The maximum absolute atomic E-state index is 10.3. The van der Waals surface area contributed by atoms with Gasteiger partial charge in [-0.25, -0.2) is 0 Å². The van der Waals surface area contributed by atoms with Crippen molar-refractivity contribution >= 4 is 0 Å². The molecule has 0 spiro atoms. The van der Waals surface area contributed by atoms with E-state index >= 15 is 0 Å². The van der Waals surface area contributed by atoms with Crippen LogP contribution in [0, 0.1) is 6.92 Å². The van der Waals surface area contributed by atoms with Crippen LogP contribution >= 0.6 is 0 Å². The van der Waals surface area contributed by atoms with Gasteiger partial charge in [-0.05, 0) is 37.1 Å². The largest absolute Gasteiger partial charge is 0.388 e. The van der Waals surface area contributed by atoms with Gasteiger partial charge in [-0.15, -0.1) is 0 Å². The summed E-state index contributed by atoms with van der Waals surface area (Å²) in [5, 5.41) is 18.5. The van der Waals surface area contributed by atoms with Gasteiger partial charge < -0.3 is 5.11 Å². The first kappa shape index (κ1) is 12.6. The molecule has 0 aliphatic rings. The lowest BCUT2D eigenvalue weighted by Crippen LogP contribution is -2.08. The Morgan fingerprint density at radius 2 is 1.94 bits per heavy atom. The number of aromatic nitrogens is 3. The molecular weight excluding hydrogens is 226 g/mol. The molecule has 18 heavy (non-hydrogen) atoms. The van der Waals surface area contributed by atoms with Crippen molar-refractivity contribution < 1.29 is 5.11 Å². The molecule has 0 radical (unpaired) electrons. The van der Waals surface area contributed by atoms with E-state index in [0.717, 1.165) is 28.9 Å². The van der Waals surface area contributed by atoms with Crippen LogP contribution in [0.1, 0.15) is 35.5 Å². The maximum atomic E-state index is 10.3. The second-order valence-electron chi connectivity index (χ2n) is 4.32. The number of nitrogens with zero attached hydrogens (tertiary/aromatic N) is 3. The molecule has 1 atom stereocenters. The fraction of sp³-hybridized carbons (Fsp3) is 0.357. The molecule has 0 amide bonds. The summed E-state index contributed by atoms with van der Waals surface area (Å²) < 4.78 is 0. The molecule has 0 aliphatic heterocycles. The molecule has 0 saturated heterocycles. The Morgan fingerprint density at radius 3 is 2.61 bits per heavy atom. The Hall–Kier alpha value is -1.81. The molecule has 1 N–H and O–H groups in total. The van der Waals surface area contributed by atoms with Gasteiger partial charge in [0.2, 0.25) is 0 Å². The topological polar surface area (TPSA) is 58.9 Å². The number of aliphatic hydroxyl groups excluding tert-OH is 1. The summed E-state index contributed by atoms with van der Waals surface area (Å²) in [4.78, 5) is 3.97. The molecule has 4 nitrogen and oxygen atoms in total. The standard InChI is InChI=1S/C14H17N3O/c1-3-13-12(8-10(2)16-17-13)14(18)9-11-4-6-15-7-5-11/h4-8,14,18H,3,9H2,1-2H3. The van der Waals surface area contributed by atoms with Crippen LogP contribution < -0.4 is 0 Å². The quantitative estimate of drug-likeness (QED) is 0.892. The van der Waals surface area contributed by atoms with Gasteiger partial charge in [-0.1, -0.05) is 6.92 Å². The van der Waals surface area contributed by atoms with E-state index in [1.54, 1.807) is 12.4 Å². The highest BCUT2D eigenvalue weighted by atomic mass is 16.3. The molecule has 0 saturated carbocycles. The van der Waals surface area contributed by atoms with E-state index < -0.39 is 6.10 Å². The highest BCUT2D eigenvalue weighted by Gasteiger charge is 2.14. The monoisotopic (exact) mass is 243 g/mol. The zero-order valence-electron chi connectivity index (χ0n) is 10.7. The van der Waals surface area contributed by atoms with Gasteiger partial charge in [0.15, 0.2) is 0 Å². The molecule has 2 rings (SSSR count). The molecule has 1 unspecified atom stereocenters. The minimum Gasteiger partial charge on any atom is -0.388 e. The molecule has 4 heteroatoms. The van der Waals surface area contributed by atoms with E-state index in [1.165, 1.54) is 0 Å². The van der Waals surface area contributed by atoms with Crippen LogP contribution in [0.5, 0.6) is 0 Å². The smallest absolute Gasteiger partial charge is 0.0849 e. The molecule has 0 fully saturated rings. The van der Waals surface area contributed by atoms with E-state index in [-0.39, 0.29) is 0 Å². The Morgan fingerprint density at radius 1 is 1.22 bits per heavy atom. The van der Waals surface area contributed by atoms with Crippen LogP contribution in [0.25, 0.3) is 0 Å². The van der Waals surface area contributed by atoms with Crippen molar-refractivity contribution in [1.82, 2.24) is 15.2 Å². The van der Waals surface area contributed by atoms with Crippen molar-refractivity contribution in [1.29, 1.82) is 0 Å². The summed E-state index contributed by atoms with van der Waals surface area (Å²) in [6.45, 7) is 3.90. The van der Waals surface area contributed by atoms with Crippen LogP contribution in [0.2, 0.25) is 0 Å². The van der Waals surface area contributed by atoms with Crippen LogP contribution in [-0.2, 0) is 12.8 Å². The zero-order valence-corrected chi connectivity index (χ0v) is 10.7. The Bertz CT molecular complexity index is 514. The molecule has 0 aliphatic carbocycles. The van der Waals surface area contributed by atoms with Crippen molar-refractivity contribution in [3.63, 3.8) is 0 Å². The number of pyridine rings is 1. The van der Waals surface area contributed by atoms with Crippen LogP contribution in [-0.4, -0.2) is 20.3 Å². The summed E-state index contributed by atoms with van der Waals surface area (Å²) in [6, 6.07) is 5.74. The third-order valence-electron chi connectivity index (χ3n) is 2.90. The molecule has 2 heterocycles. The molecule has 94 valence electrons. The lowest BCUT2D eigenvalue weighted by atomic mass is 10.00. The predicted molar refractivity (Wildman–Crippen MR) is 69.0 cm³/mol. The third kappa shape index (κ3) is 2.90. The summed E-state index contributed by atoms with van der Waals surface area (Å²) in [5.74, 6) is 0. The van der Waals surface area contributed by atoms with E-state index in [4.69, 9.17) is 0 Å². The first-order chi connectivity index (χ1) is 8.70. The van der Waals surface area contributed by atoms with Crippen molar-refractivity contribution in [3.05, 3.63) is 53.1 Å². The van der Waals surface area contributed by atoms with E-state index in [9.17, 15) is 5.11 Å². The summed E-state index contributed by atoms with van der Waals surface area (Å²) in [7, 11) is 0. The fourth-order valence-corrected chi connectivity index (χ4v) is 1.95. The van der Waals surface area contributed by atoms with Crippen LogP contribution in [0.4, 0.5) is 0 Å². The molecule has 0 aromatic carbocycles. The highest BCUT2D eigenvalue weighted by Crippen LogP contribution is 2.21. The highest BCUT2D eigenvalue weighted by molar-refractivity contribution is 5.25. The Balaban J connectivity index is 2.23. The fourth-order valence-electron chi connectivity index (χ4n) is 1.95. The molecular formula is C14H17N3O. The number of aliphatic hydroxyl groups is 1. The van der Waals surface area contributed by atoms with Gasteiger partial charge in [-0.2, -0.15) is 10.2 Å². The maximum Gasteiger partial charge on any atom is 0.0849 e. The Kier molecular flexibility index (Phi) is 3.99. The number of hydrogen-bond donors (Lipinski definition) is 1. The number of rotatable bonds is 4. The van der Waals surface area contributed by atoms with Gasteiger partial charge in [0.1, 0.15) is 0 Å². The first-order valence-corrected chi connectivity index (χ1v) is 6.10. The number of hydrogen-bond acceptors (Lipinski definition) is 4. The van der Waals surface area contributed by atoms with Crippen LogP contribution in [0.15, 0.2) is 30.6 Å². The van der Waals surface area contributed by atoms with Gasteiger partial charge in [0.05, 0.1) is 17.5 Å². The van der Waals surface area contributed by atoms with Gasteiger partial charge in [0, 0.05) is 24.4 Å². The van der Waals surface area contributed by atoms with Crippen molar-refractivity contribution in [2.75, 3.05) is 0 Å². The van der Waals surface area contributed by atoms with Gasteiger partial charge >= 0.3 is 0 Å². The second-order valence-corrected chi connectivity index (χ2v) is 4.32. The summed E-state index contributed by atoms with van der Waals surface area (Å²) in [6.07, 6.45) is 4.27. The van der Waals surface area contributed by atoms with E-state index in [1.807, 2.05) is 32.0 Å². The Labute approximate surface area is 107 Å². The minimum atomic E-state index is -0.545. The van der Waals surface area contributed by atoms with Gasteiger partial charge in [-0.3, -0.25) is 4.98 Å². The SMILES string of the molecule is CCc1nnc(C)cc1C(O)Cc1ccncc1. The normalized spacial score (nSPS) is 12.4. The number of aryl methyl sites for hydroxylation is 2. The predicted octanol–water partition coefficient (Wildman–Crippen LogP) is 2.02. The summed E-state index contributed by atoms with van der Waals surface area (Å²) in [5.41, 5.74) is 3.63. The van der Waals surface area contributed by atoms with Gasteiger partial charge in [0.25, 0.3) is 0 Å². The zero-order chi connectivity index (χ0) is 13.0. The lowest BCUT2D eigenvalue weighted by Gasteiger charge is -2.14. The van der Waals surface area contributed by atoms with E-state index in [0.29, 0.717) is 6.42 Å². The molecule has 2 aromatic rings. The lowest BCUT2D eigenvalue weighted by molar-refractivity contribution is 0.176. The molecule has 2 aromatic heterocycles. The van der Waals surface area contributed by atoms with E-state index in [2.05, 4.69) is 15.2 Å². The summed E-state index contributed by atoms with van der Waals surface area (Å²) >= 11 is 0. The average Bonchev–Trinajstić information content (AvgIpc) is 2.40. The van der Waals surface area contributed by atoms with Crippen molar-refractivity contribution in [2.24, 2.45) is 0 Å².